The van der Waals surface area contributed by atoms with Gasteiger partial charge in [-0.2, -0.15) is 5.26 Å². The number of carbonyl (C=O) groups is 2. The maximum atomic E-state index is 13.1. The number of hydrogen-bond donors (Lipinski definition) is 1. The zero-order chi connectivity index (χ0) is 21.2. The van der Waals surface area contributed by atoms with Gasteiger partial charge in [0, 0.05) is 0 Å². The van der Waals surface area contributed by atoms with E-state index in [2.05, 4.69) is 11.4 Å². The SMILES string of the molecule is CC(C)[C@](C)(C#N)NC(=O)[C@@H](C)OC(=O)c1c2ccccc2cc2ccccc12. The molecule has 5 nitrogen and oxygen atoms in total. The number of fused-ring (bicyclic) bond motifs is 2. The third kappa shape index (κ3) is 3.93. The summed E-state index contributed by atoms with van der Waals surface area (Å²) >= 11 is 0. The predicted octanol–water partition coefficient (Wildman–Crippen LogP) is 4.59. The second kappa shape index (κ2) is 7.92. The Bertz CT molecular complexity index is 1080. The van der Waals surface area contributed by atoms with E-state index in [0.29, 0.717) is 5.56 Å². The maximum Gasteiger partial charge on any atom is 0.340 e. The Morgan fingerprint density at radius 3 is 2.00 bits per heavy atom. The van der Waals surface area contributed by atoms with Crippen molar-refractivity contribution >= 4 is 33.4 Å². The second-order valence-electron chi connectivity index (χ2n) is 7.70. The molecule has 29 heavy (non-hydrogen) atoms. The van der Waals surface area contributed by atoms with Crippen LogP contribution in [0.5, 0.6) is 0 Å². The van der Waals surface area contributed by atoms with Crippen LogP contribution in [-0.4, -0.2) is 23.5 Å². The fourth-order valence-corrected chi connectivity index (χ4v) is 3.17. The number of amides is 1. The number of nitriles is 1. The summed E-state index contributed by atoms with van der Waals surface area (Å²) in [5.74, 6) is -1.16. The van der Waals surface area contributed by atoms with Gasteiger partial charge in [0.05, 0.1) is 11.6 Å². The fourth-order valence-electron chi connectivity index (χ4n) is 3.17. The molecule has 2 atom stereocenters. The Hall–Kier alpha value is -3.39. The number of esters is 1. The highest BCUT2D eigenvalue weighted by Crippen LogP contribution is 2.29. The van der Waals surface area contributed by atoms with Crippen LogP contribution in [-0.2, 0) is 9.53 Å². The molecule has 5 heteroatoms. The van der Waals surface area contributed by atoms with Crippen LogP contribution in [0.1, 0.15) is 38.1 Å². The molecule has 148 valence electrons. The second-order valence-corrected chi connectivity index (χ2v) is 7.70. The van der Waals surface area contributed by atoms with Crippen LogP contribution >= 0.6 is 0 Å². The molecule has 0 bridgehead atoms. The number of nitrogens with one attached hydrogen (secondary N) is 1. The molecule has 3 rings (SSSR count). The van der Waals surface area contributed by atoms with E-state index in [0.717, 1.165) is 21.5 Å². The first-order valence-electron chi connectivity index (χ1n) is 9.61. The van der Waals surface area contributed by atoms with Crippen LogP contribution < -0.4 is 5.32 Å². The van der Waals surface area contributed by atoms with Gasteiger partial charge < -0.3 is 10.1 Å². The van der Waals surface area contributed by atoms with Crippen LogP contribution in [0, 0.1) is 17.2 Å². The quantitative estimate of drug-likeness (QED) is 0.512. The van der Waals surface area contributed by atoms with Crippen LogP contribution in [0.3, 0.4) is 0 Å². The molecule has 0 heterocycles. The summed E-state index contributed by atoms with van der Waals surface area (Å²) in [6.07, 6.45) is -1.04. The molecule has 0 unspecified atom stereocenters. The van der Waals surface area contributed by atoms with Crippen LogP contribution in [0.2, 0.25) is 0 Å². The monoisotopic (exact) mass is 388 g/mol. The van der Waals surface area contributed by atoms with Crippen molar-refractivity contribution in [3.63, 3.8) is 0 Å². The molecular weight excluding hydrogens is 364 g/mol. The number of benzene rings is 3. The summed E-state index contributed by atoms with van der Waals surface area (Å²) in [4.78, 5) is 25.7. The van der Waals surface area contributed by atoms with Gasteiger partial charge in [0.15, 0.2) is 6.10 Å². The van der Waals surface area contributed by atoms with Crippen molar-refractivity contribution in [2.24, 2.45) is 5.92 Å². The minimum Gasteiger partial charge on any atom is -0.449 e. The number of carbonyl (C=O) groups excluding carboxylic acids is 2. The summed E-state index contributed by atoms with van der Waals surface area (Å²) in [5, 5.41) is 15.5. The van der Waals surface area contributed by atoms with Gasteiger partial charge in [0.1, 0.15) is 5.54 Å². The van der Waals surface area contributed by atoms with Gasteiger partial charge in [-0.3, -0.25) is 4.79 Å². The van der Waals surface area contributed by atoms with Gasteiger partial charge in [0.2, 0.25) is 0 Å². The zero-order valence-corrected chi connectivity index (χ0v) is 17.0. The van der Waals surface area contributed by atoms with Gasteiger partial charge >= 0.3 is 5.97 Å². The fraction of sp³-hybridized carbons (Fsp3) is 0.292. The summed E-state index contributed by atoms with van der Waals surface area (Å²) in [6, 6.07) is 19.3. The minimum atomic E-state index is -1.04. The summed E-state index contributed by atoms with van der Waals surface area (Å²) in [7, 11) is 0. The molecule has 1 amide bonds. The first-order chi connectivity index (χ1) is 13.8. The Kier molecular flexibility index (Phi) is 5.56. The van der Waals surface area contributed by atoms with Gasteiger partial charge in [-0.25, -0.2) is 4.79 Å². The van der Waals surface area contributed by atoms with Gasteiger partial charge in [-0.05, 0) is 47.4 Å². The molecule has 1 N–H and O–H groups in total. The molecule has 0 radical (unpaired) electrons. The smallest absolute Gasteiger partial charge is 0.340 e. The number of ether oxygens (including phenoxy) is 1. The van der Waals surface area contributed by atoms with E-state index in [1.54, 1.807) is 6.92 Å². The Morgan fingerprint density at radius 1 is 1.00 bits per heavy atom. The predicted molar refractivity (Wildman–Crippen MR) is 113 cm³/mol. The highest BCUT2D eigenvalue weighted by atomic mass is 16.5. The average Bonchev–Trinajstić information content (AvgIpc) is 2.71. The van der Waals surface area contributed by atoms with E-state index in [4.69, 9.17) is 4.74 Å². The maximum absolute atomic E-state index is 13.1. The molecule has 0 aliphatic rings. The van der Waals surface area contributed by atoms with Crippen LogP contribution in [0.4, 0.5) is 0 Å². The Labute approximate surface area is 170 Å². The molecule has 0 spiro atoms. The lowest BCUT2D eigenvalue weighted by Gasteiger charge is -2.28. The number of rotatable bonds is 5. The molecule has 0 saturated carbocycles. The van der Waals surface area contributed by atoms with Crippen molar-refractivity contribution in [2.75, 3.05) is 0 Å². The number of nitrogens with zero attached hydrogens (tertiary/aromatic N) is 1. The average molecular weight is 388 g/mol. The third-order valence-electron chi connectivity index (χ3n) is 5.40. The number of hydrogen-bond acceptors (Lipinski definition) is 4. The summed E-state index contributed by atoms with van der Waals surface area (Å²) in [5.41, 5.74) is -0.602. The lowest BCUT2D eigenvalue weighted by molar-refractivity contribution is -0.130. The van der Waals surface area contributed by atoms with Crippen molar-refractivity contribution in [3.8, 4) is 6.07 Å². The van der Waals surface area contributed by atoms with E-state index in [-0.39, 0.29) is 5.92 Å². The van der Waals surface area contributed by atoms with Gasteiger partial charge in [0.25, 0.3) is 5.91 Å². The third-order valence-corrected chi connectivity index (χ3v) is 5.40. The van der Waals surface area contributed by atoms with E-state index in [9.17, 15) is 14.9 Å². The molecule has 0 aromatic heterocycles. The summed E-state index contributed by atoms with van der Waals surface area (Å²) < 4.78 is 5.52. The molecule has 0 aliphatic heterocycles. The highest BCUT2D eigenvalue weighted by Gasteiger charge is 2.33. The molecule has 0 fully saturated rings. The van der Waals surface area contributed by atoms with Gasteiger partial charge in [-0.15, -0.1) is 0 Å². The molecule has 0 aliphatic carbocycles. The Morgan fingerprint density at radius 2 is 1.52 bits per heavy atom. The topological polar surface area (TPSA) is 79.2 Å². The van der Waals surface area contributed by atoms with Crippen molar-refractivity contribution in [2.45, 2.75) is 39.3 Å². The molecule has 3 aromatic rings. The molecule has 0 saturated heterocycles. The summed E-state index contributed by atoms with van der Waals surface area (Å²) in [6.45, 7) is 6.87. The van der Waals surface area contributed by atoms with E-state index in [1.807, 2.05) is 68.4 Å². The van der Waals surface area contributed by atoms with E-state index >= 15 is 0 Å². The zero-order valence-electron chi connectivity index (χ0n) is 17.0. The standard InChI is InChI=1S/C24H24N2O3/c1-15(2)24(4,14-25)26-22(27)16(3)29-23(28)21-19-11-7-5-9-17(19)13-18-10-6-8-12-20(18)21/h5-13,15-16H,1-4H3,(H,26,27)/t16-,24+/m1/s1. The first kappa shape index (κ1) is 20.3. The van der Waals surface area contributed by atoms with Crippen LogP contribution in [0.15, 0.2) is 54.6 Å². The van der Waals surface area contributed by atoms with Crippen molar-refractivity contribution in [1.29, 1.82) is 5.26 Å². The lowest BCUT2D eigenvalue weighted by Crippen LogP contribution is -2.52. The normalized spacial score (nSPS) is 14.2. The molecular formula is C24H24N2O3. The first-order valence-corrected chi connectivity index (χ1v) is 9.61. The van der Waals surface area contributed by atoms with Crippen LogP contribution in [0.25, 0.3) is 21.5 Å². The van der Waals surface area contributed by atoms with Crippen molar-refractivity contribution in [1.82, 2.24) is 5.32 Å². The minimum absolute atomic E-state index is 0.0960. The van der Waals surface area contributed by atoms with Crippen molar-refractivity contribution in [3.05, 3.63) is 60.2 Å². The Balaban J connectivity index is 1.93. The van der Waals surface area contributed by atoms with E-state index in [1.165, 1.54) is 6.92 Å². The largest absolute Gasteiger partial charge is 0.449 e. The van der Waals surface area contributed by atoms with Crippen molar-refractivity contribution < 1.29 is 14.3 Å². The molecule has 3 aromatic carbocycles. The highest BCUT2D eigenvalue weighted by molar-refractivity contribution is 6.16. The van der Waals surface area contributed by atoms with Gasteiger partial charge in [-0.1, -0.05) is 62.4 Å². The lowest BCUT2D eigenvalue weighted by atomic mass is 9.90. The van der Waals surface area contributed by atoms with E-state index < -0.39 is 23.5 Å².